The monoisotopic (exact) mass is 307 g/mol. The van der Waals surface area contributed by atoms with Crippen LogP contribution in [-0.4, -0.2) is 30.2 Å². The molecule has 2 aromatic carbocycles. The lowest BCUT2D eigenvalue weighted by molar-refractivity contribution is 0.203. The molecule has 0 fully saturated rings. The maximum absolute atomic E-state index is 10.4. The van der Waals surface area contributed by atoms with Crippen molar-refractivity contribution in [3.8, 4) is 22.6 Å². The van der Waals surface area contributed by atoms with Gasteiger partial charge in [-0.05, 0) is 53.3 Å². The standard InChI is InChI=1S/C20H21NO2/c1-3-8-21-9-7-14-10-15(23-2)12-16-19(14)17(21)11-13-5-4-6-18(22)20(13)16/h3-6,10,12,17,22H,1,7-9,11H2,2H3. The Morgan fingerprint density at radius 1 is 1.35 bits per heavy atom. The second kappa shape index (κ2) is 5.43. The van der Waals surface area contributed by atoms with Gasteiger partial charge in [0.15, 0.2) is 0 Å². The highest BCUT2D eigenvalue weighted by Crippen LogP contribution is 2.49. The molecule has 0 amide bonds. The van der Waals surface area contributed by atoms with Crippen molar-refractivity contribution in [3.05, 3.63) is 59.7 Å². The highest BCUT2D eigenvalue weighted by molar-refractivity contribution is 5.81. The van der Waals surface area contributed by atoms with E-state index in [-0.39, 0.29) is 0 Å². The van der Waals surface area contributed by atoms with E-state index in [1.807, 2.05) is 12.1 Å². The predicted molar refractivity (Wildman–Crippen MR) is 92.0 cm³/mol. The van der Waals surface area contributed by atoms with Crippen LogP contribution in [0.25, 0.3) is 11.1 Å². The Morgan fingerprint density at radius 2 is 2.22 bits per heavy atom. The molecule has 23 heavy (non-hydrogen) atoms. The summed E-state index contributed by atoms with van der Waals surface area (Å²) in [6.45, 7) is 5.83. The first-order valence-electron chi connectivity index (χ1n) is 8.10. The molecular formula is C20H21NO2. The number of methoxy groups -OCH3 is 1. The number of fused-ring (bicyclic) bond motifs is 2. The van der Waals surface area contributed by atoms with Crippen molar-refractivity contribution in [3.63, 3.8) is 0 Å². The molecule has 118 valence electrons. The highest BCUT2D eigenvalue weighted by atomic mass is 16.5. The molecule has 0 spiro atoms. The van der Waals surface area contributed by atoms with Crippen LogP contribution in [0.1, 0.15) is 22.7 Å². The number of rotatable bonds is 3. The molecule has 0 saturated carbocycles. The molecule has 3 nitrogen and oxygen atoms in total. The van der Waals surface area contributed by atoms with Crippen LogP contribution in [0.4, 0.5) is 0 Å². The lowest BCUT2D eigenvalue weighted by Gasteiger charge is -2.41. The van der Waals surface area contributed by atoms with Gasteiger partial charge in [0.25, 0.3) is 0 Å². The molecule has 0 saturated heterocycles. The zero-order valence-electron chi connectivity index (χ0n) is 13.4. The lowest BCUT2D eigenvalue weighted by Crippen LogP contribution is -2.38. The Labute approximate surface area is 136 Å². The minimum Gasteiger partial charge on any atom is -0.507 e. The summed E-state index contributed by atoms with van der Waals surface area (Å²) in [6.07, 6.45) is 3.92. The van der Waals surface area contributed by atoms with E-state index < -0.39 is 0 Å². The van der Waals surface area contributed by atoms with Gasteiger partial charge in [-0.15, -0.1) is 6.58 Å². The molecule has 0 radical (unpaired) electrons. The molecule has 1 aliphatic carbocycles. The first-order chi connectivity index (χ1) is 11.2. The number of hydrogen-bond donors (Lipinski definition) is 1. The van der Waals surface area contributed by atoms with Crippen molar-refractivity contribution in [2.45, 2.75) is 18.9 Å². The van der Waals surface area contributed by atoms with Crippen LogP contribution < -0.4 is 4.74 Å². The number of nitrogens with zero attached hydrogens (tertiary/aromatic N) is 1. The van der Waals surface area contributed by atoms with Gasteiger partial charge in [-0.1, -0.05) is 18.2 Å². The number of benzene rings is 2. The van der Waals surface area contributed by atoms with Crippen molar-refractivity contribution < 1.29 is 9.84 Å². The van der Waals surface area contributed by atoms with E-state index in [1.54, 1.807) is 13.2 Å². The van der Waals surface area contributed by atoms with Crippen molar-refractivity contribution in [2.24, 2.45) is 0 Å². The minimum absolute atomic E-state index is 0.354. The first kappa shape index (κ1) is 14.3. The van der Waals surface area contributed by atoms with Crippen LogP contribution in [0.2, 0.25) is 0 Å². The Morgan fingerprint density at radius 3 is 3.00 bits per heavy atom. The molecule has 2 aromatic rings. The van der Waals surface area contributed by atoms with Crippen LogP contribution in [0, 0.1) is 0 Å². The Kier molecular flexibility index (Phi) is 3.38. The fraction of sp³-hybridized carbons (Fsp3) is 0.300. The quantitative estimate of drug-likeness (QED) is 0.878. The predicted octanol–water partition coefficient (Wildman–Crippen LogP) is 3.71. The third-order valence-corrected chi connectivity index (χ3v) is 5.09. The SMILES string of the molecule is C=CCN1CCc2cc(OC)cc3c2C1Cc1cccc(O)c1-3. The molecule has 0 bridgehead atoms. The average molecular weight is 307 g/mol. The number of hydrogen-bond acceptors (Lipinski definition) is 3. The van der Waals surface area contributed by atoms with Crippen LogP contribution >= 0.6 is 0 Å². The largest absolute Gasteiger partial charge is 0.507 e. The average Bonchev–Trinajstić information content (AvgIpc) is 2.57. The van der Waals surface area contributed by atoms with Gasteiger partial charge in [-0.25, -0.2) is 0 Å². The normalized spacial score (nSPS) is 18.9. The molecule has 1 aliphatic heterocycles. The second-order valence-corrected chi connectivity index (χ2v) is 6.31. The summed E-state index contributed by atoms with van der Waals surface area (Å²) in [5.41, 5.74) is 6.00. The third kappa shape index (κ3) is 2.15. The Hall–Kier alpha value is -2.26. The molecule has 0 aromatic heterocycles. The van der Waals surface area contributed by atoms with Gasteiger partial charge in [-0.2, -0.15) is 0 Å². The van der Waals surface area contributed by atoms with Crippen molar-refractivity contribution in [2.75, 3.05) is 20.2 Å². The molecule has 1 atom stereocenters. The van der Waals surface area contributed by atoms with Gasteiger partial charge in [0.1, 0.15) is 11.5 Å². The summed E-state index contributed by atoms with van der Waals surface area (Å²) >= 11 is 0. The van der Waals surface area contributed by atoms with Crippen LogP contribution in [0.5, 0.6) is 11.5 Å². The van der Waals surface area contributed by atoms with Crippen molar-refractivity contribution in [1.29, 1.82) is 0 Å². The molecule has 3 heteroatoms. The Balaban J connectivity index is 1.98. The maximum atomic E-state index is 10.4. The van der Waals surface area contributed by atoms with Gasteiger partial charge in [-0.3, -0.25) is 4.90 Å². The summed E-state index contributed by atoms with van der Waals surface area (Å²) in [6, 6.07) is 10.4. The summed E-state index contributed by atoms with van der Waals surface area (Å²) in [5.74, 6) is 1.23. The van der Waals surface area contributed by atoms with Gasteiger partial charge < -0.3 is 9.84 Å². The van der Waals surface area contributed by atoms with Gasteiger partial charge in [0.05, 0.1) is 7.11 Å². The topological polar surface area (TPSA) is 32.7 Å². The van der Waals surface area contributed by atoms with E-state index in [2.05, 4.69) is 29.7 Å². The number of phenolic OH excluding ortho intramolecular Hbond substituents is 1. The summed E-state index contributed by atoms with van der Waals surface area (Å²) in [5, 5.41) is 10.4. The summed E-state index contributed by atoms with van der Waals surface area (Å²) in [4.78, 5) is 2.48. The summed E-state index contributed by atoms with van der Waals surface area (Å²) < 4.78 is 5.50. The van der Waals surface area contributed by atoms with Crippen LogP contribution in [0.15, 0.2) is 43.0 Å². The first-order valence-corrected chi connectivity index (χ1v) is 8.10. The molecule has 4 rings (SSSR count). The molecule has 1 unspecified atom stereocenters. The van der Waals surface area contributed by atoms with E-state index in [1.165, 1.54) is 16.7 Å². The van der Waals surface area contributed by atoms with Crippen molar-refractivity contribution in [1.82, 2.24) is 4.90 Å². The summed E-state index contributed by atoms with van der Waals surface area (Å²) in [7, 11) is 1.70. The number of ether oxygens (including phenoxy) is 1. The Bertz CT molecular complexity index is 781. The number of aromatic hydroxyl groups is 1. The van der Waals surface area contributed by atoms with Crippen LogP contribution in [0.3, 0.4) is 0 Å². The van der Waals surface area contributed by atoms with Gasteiger partial charge in [0, 0.05) is 24.7 Å². The van der Waals surface area contributed by atoms with E-state index in [9.17, 15) is 5.11 Å². The van der Waals surface area contributed by atoms with Gasteiger partial charge in [0.2, 0.25) is 0 Å². The van der Waals surface area contributed by atoms with Crippen molar-refractivity contribution >= 4 is 0 Å². The fourth-order valence-electron chi connectivity index (χ4n) is 4.10. The fourth-order valence-corrected chi connectivity index (χ4v) is 4.10. The van der Waals surface area contributed by atoms with Gasteiger partial charge >= 0.3 is 0 Å². The minimum atomic E-state index is 0.354. The zero-order valence-corrected chi connectivity index (χ0v) is 13.4. The highest BCUT2D eigenvalue weighted by Gasteiger charge is 2.35. The second-order valence-electron chi connectivity index (χ2n) is 6.31. The number of phenols is 1. The van der Waals surface area contributed by atoms with Crippen LogP contribution in [-0.2, 0) is 12.8 Å². The van der Waals surface area contributed by atoms with E-state index in [4.69, 9.17) is 4.74 Å². The van der Waals surface area contributed by atoms with E-state index in [0.29, 0.717) is 11.8 Å². The molecule has 2 aliphatic rings. The van der Waals surface area contributed by atoms with E-state index >= 15 is 0 Å². The van der Waals surface area contributed by atoms with E-state index in [0.717, 1.165) is 42.8 Å². The lowest BCUT2D eigenvalue weighted by atomic mass is 9.76. The molecule has 1 heterocycles. The molecule has 1 N–H and O–H groups in total. The maximum Gasteiger partial charge on any atom is 0.123 e. The smallest absolute Gasteiger partial charge is 0.123 e. The molecular weight excluding hydrogens is 286 g/mol. The third-order valence-electron chi connectivity index (χ3n) is 5.09. The zero-order chi connectivity index (χ0) is 16.0.